The predicted molar refractivity (Wildman–Crippen MR) is 92.3 cm³/mol. The van der Waals surface area contributed by atoms with Crippen LogP contribution in [-0.4, -0.2) is 39.0 Å². The molecule has 0 bridgehead atoms. The van der Waals surface area contributed by atoms with Gasteiger partial charge in [0.15, 0.2) is 5.82 Å². The summed E-state index contributed by atoms with van der Waals surface area (Å²) in [6.45, 7) is 3.14. The number of nitrogens with zero attached hydrogens (tertiary/aromatic N) is 4. The maximum Gasteiger partial charge on any atom is 0.273 e. The minimum Gasteiger partial charge on any atom is -0.340 e. The molecule has 0 aromatic carbocycles. The highest BCUT2D eigenvalue weighted by atomic mass is 32.1. The summed E-state index contributed by atoms with van der Waals surface area (Å²) in [6.07, 6.45) is 1.91. The number of thiophene rings is 1. The Morgan fingerprint density at radius 2 is 2.29 bits per heavy atom. The minimum atomic E-state index is -0.0148. The van der Waals surface area contributed by atoms with Crippen LogP contribution in [0.4, 0.5) is 0 Å². The molecule has 0 aliphatic carbocycles. The summed E-state index contributed by atoms with van der Waals surface area (Å²) in [5.41, 5.74) is 0.522. The average molecular weight is 360 g/mol. The van der Waals surface area contributed by atoms with Gasteiger partial charge in [0.2, 0.25) is 5.89 Å². The lowest BCUT2D eigenvalue weighted by Crippen LogP contribution is -2.39. The van der Waals surface area contributed by atoms with Crippen LogP contribution in [0.25, 0.3) is 9.88 Å². The van der Waals surface area contributed by atoms with Gasteiger partial charge < -0.3 is 9.42 Å². The molecule has 1 aliphatic rings. The second kappa shape index (κ2) is 6.45. The fourth-order valence-electron chi connectivity index (χ4n) is 2.90. The van der Waals surface area contributed by atoms with Crippen LogP contribution < -0.4 is 0 Å². The monoisotopic (exact) mass is 360 g/mol. The Morgan fingerprint density at radius 3 is 3.04 bits per heavy atom. The highest BCUT2D eigenvalue weighted by Gasteiger charge is 2.29. The molecule has 3 aromatic heterocycles. The molecular weight excluding hydrogens is 344 g/mol. The third-order valence-electron chi connectivity index (χ3n) is 4.07. The van der Waals surface area contributed by atoms with Crippen LogP contribution in [0.5, 0.6) is 0 Å². The number of aryl methyl sites for hydroxylation is 1. The van der Waals surface area contributed by atoms with E-state index < -0.39 is 0 Å². The van der Waals surface area contributed by atoms with Crippen molar-refractivity contribution in [3.63, 3.8) is 0 Å². The molecule has 8 heteroatoms. The summed E-state index contributed by atoms with van der Waals surface area (Å²) in [5.74, 6) is 1.38. The average Bonchev–Trinajstić information content (AvgIpc) is 3.34. The summed E-state index contributed by atoms with van der Waals surface area (Å²) in [5, 5.41) is 8.77. The van der Waals surface area contributed by atoms with Gasteiger partial charge in [0, 0.05) is 31.3 Å². The number of carbonyl (C=O) groups excluding carboxylic acids is 1. The zero-order valence-electron chi connectivity index (χ0n) is 13.1. The number of thiazole rings is 1. The van der Waals surface area contributed by atoms with E-state index in [1.165, 1.54) is 11.3 Å². The molecule has 0 N–H and O–H groups in total. The van der Waals surface area contributed by atoms with Crippen LogP contribution in [0.15, 0.2) is 27.4 Å². The molecular formula is C16H16N4O2S2. The molecule has 1 saturated heterocycles. The number of piperidine rings is 1. The quantitative estimate of drug-likeness (QED) is 0.714. The Hall–Kier alpha value is -2.06. The maximum atomic E-state index is 12.8. The molecule has 3 aromatic rings. The van der Waals surface area contributed by atoms with E-state index in [9.17, 15) is 4.79 Å². The number of amides is 1. The van der Waals surface area contributed by atoms with Crippen molar-refractivity contribution in [1.82, 2.24) is 20.0 Å². The van der Waals surface area contributed by atoms with Crippen molar-refractivity contribution in [1.29, 1.82) is 0 Å². The summed E-state index contributed by atoms with van der Waals surface area (Å²) in [4.78, 5) is 24.6. The third kappa shape index (κ3) is 2.99. The van der Waals surface area contributed by atoms with E-state index in [2.05, 4.69) is 15.1 Å². The van der Waals surface area contributed by atoms with Gasteiger partial charge in [0.25, 0.3) is 5.91 Å². The van der Waals surface area contributed by atoms with E-state index in [1.807, 2.05) is 27.8 Å². The molecule has 4 rings (SSSR count). The summed E-state index contributed by atoms with van der Waals surface area (Å²) in [7, 11) is 0. The van der Waals surface area contributed by atoms with Crippen molar-refractivity contribution in [2.24, 2.45) is 0 Å². The van der Waals surface area contributed by atoms with Crippen molar-refractivity contribution in [2.45, 2.75) is 25.7 Å². The van der Waals surface area contributed by atoms with Gasteiger partial charge in [-0.25, -0.2) is 4.98 Å². The molecule has 0 saturated carbocycles. The van der Waals surface area contributed by atoms with Gasteiger partial charge in [-0.1, -0.05) is 11.2 Å². The largest absolute Gasteiger partial charge is 0.340 e. The molecule has 1 atom stereocenters. The first-order chi connectivity index (χ1) is 11.7. The second-order valence-electron chi connectivity index (χ2n) is 5.78. The van der Waals surface area contributed by atoms with E-state index >= 15 is 0 Å². The minimum absolute atomic E-state index is 0.0148. The van der Waals surface area contributed by atoms with Crippen LogP contribution >= 0.6 is 22.7 Å². The smallest absolute Gasteiger partial charge is 0.273 e. The Bertz CT molecular complexity index is 840. The molecule has 4 heterocycles. The molecule has 124 valence electrons. The number of aromatic nitrogens is 3. The summed E-state index contributed by atoms with van der Waals surface area (Å²) >= 11 is 3.14. The fraction of sp³-hybridized carbons (Fsp3) is 0.375. The third-order valence-corrected chi connectivity index (χ3v) is 5.95. The molecule has 0 radical (unpaired) electrons. The van der Waals surface area contributed by atoms with E-state index in [-0.39, 0.29) is 11.8 Å². The molecule has 1 amide bonds. The Balaban J connectivity index is 1.50. The second-order valence-corrected chi connectivity index (χ2v) is 7.58. The topological polar surface area (TPSA) is 72.1 Å². The molecule has 0 unspecified atom stereocenters. The van der Waals surface area contributed by atoms with Crippen LogP contribution in [0, 0.1) is 6.92 Å². The Kier molecular flexibility index (Phi) is 4.15. The van der Waals surface area contributed by atoms with Crippen molar-refractivity contribution >= 4 is 28.6 Å². The predicted octanol–water partition coefficient (Wildman–Crippen LogP) is 3.58. The molecule has 24 heavy (non-hydrogen) atoms. The van der Waals surface area contributed by atoms with Gasteiger partial charge in [-0.3, -0.25) is 4.79 Å². The molecule has 0 spiro atoms. The summed E-state index contributed by atoms with van der Waals surface area (Å²) in [6, 6.07) is 4.01. The first-order valence-electron chi connectivity index (χ1n) is 7.79. The zero-order chi connectivity index (χ0) is 16.5. The van der Waals surface area contributed by atoms with Crippen LogP contribution in [0.3, 0.4) is 0 Å². The van der Waals surface area contributed by atoms with Crippen molar-refractivity contribution < 1.29 is 9.32 Å². The SMILES string of the molecule is Cc1nc([C@@H]2CCCN(C(=O)c3csc(-c4cccs4)n3)C2)no1. The van der Waals surface area contributed by atoms with Gasteiger partial charge in [0.05, 0.1) is 4.88 Å². The number of hydrogen-bond acceptors (Lipinski definition) is 7. The lowest BCUT2D eigenvalue weighted by Gasteiger charge is -2.30. The van der Waals surface area contributed by atoms with Crippen molar-refractivity contribution in [3.8, 4) is 9.88 Å². The van der Waals surface area contributed by atoms with E-state index in [4.69, 9.17) is 4.52 Å². The highest BCUT2D eigenvalue weighted by Crippen LogP contribution is 2.30. The Labute approximate surface area is 147 Å². The van der Waals surface area contributed by atoms with Gasteiger partial charge in [-0.05, 0) is 24.3 Å². The molecule has 1 fully saturated rings. The Morgan fingerprint density at radius 1 is 1.38 bits per heavy atom. The number of rotatable bonds is 3. The number of hydrogen-bond donors (Lipinski definition) is 0. The zero-order valence-corrected chi connectivity index (χ0v) is 14.8. The molecule has 1 aliphatic heterocycles. The standard InChI is InChI=1S/C16H16N4O2S2/c1-10-17-14(19-22-10)11-4-2-6-20(8-11)16(21)12-9-24-15(18-12)13-5-3-7-23-13/h3,5,7,9,11H,2,4,6,8H2,1H3/t11-/m1/s1. The lowest BCUT2D eigenvalue weighted by molar-refractivity contribution is 0.0698. The number of likely N-dealkylation sites (tertiary alicyclic amines) is 1. The van der Waals surface area contributed by atoms with Crippen LogP contribution in [0.1, 0.15) is 41.0 Å². The molecule has 6 nitrogen and oxygen atoms in total. The van der Waals surface area contributed by atoms with Gasteiger partial charge in [-0.2, -0.15) is 4.98 Å². The van der Waals surface area contributed by atoms with E-state index in [1.54, 1.807) is 18.3 Å². The van der Waals surface area contributed by atoms with Crippen LogP contribution in [-0.2, 0) is 0 Å². The first-order valence-corrected chi connectivity index (χ1v) is 9.55. The first kappa shape index (κ1) is 15.5. The van der Waals surface area contributed by atoms with E-state index in [0.717, 1.165) is 29.3 Å². The maximum absolute atomic E-state index is 12.8. The van der Waals surface area contributed by atoms with E-state index in [0.29, 0.717) is 24.0 Å². The fourth-order valence-corrected chi connectivity index (χ4v) is 4.51. The number of carbonyl (C=O) groups is 1. The van der Waals surface area contributed by atoms with Crippen LogP contribution in [0.2, 0.25) is 0 Å². The normalized spacial score (nSPS) is 18.0. The van der Waals surface area contributed by atoms with Gasteiger partial charge in [0.1, 0.15) is 10.7 Å². The van der Waals surface area contributed by atoms with Crippen molar-refractivity contribution in [2.75, 3.05) is 13.1 Å². The summed E-state index contributed by atoms with van der Waals surface area (Å²) < 4.78 is 5.07. The highest BCUT2D eigenvalue weighted by molar-refractivity contribution is 7.20. The van der Waals surface area contributed by atoms with Crippen molar-refractivity contribution in [3.05, 3.63) is 40.3 Å². The van der Waals surface area contributed by atoms with Gasteiger partial charge in [-0.15, -0.1) is 22.7 Å². The van der Waals surface area contributed by atoms with Gasteiger partial charge >= 0.3 is 0 Å². The lowest BCUT2D eigenvalue weighted by atomic mass is 9.97.